The Bertz CT molecular complexity index is 722. The predicted molar refractivity (Wildman–Crippen MR) is 83.4 cm³/mol. The van der Waals surface area contributed by atoms with Crippen LogP contribution in [0.2, 0.25) is 0 Å². The van der Waals surface area contributed by atoms with Crippen molar-refractivity contribution in [1.29, 1.82) is 0 Å². The minimum absolute atomic E-state index is 0.219. The number of nitrogens with one attached hydrogen (secondary N) is 1. The molecule has 5 nitrogen and oxygen atoms in total. The van der Waals surface area contributed by atoms with Crippen molar-refractivity contribution in [2.45, 2.75) is 24.7 Å². The molecule has 0 atom stereocenters. The van der Waals surface area contributed by atoms with Gasteiger partial charge in [-0.05, 0) is 44.2 Å². The highest BCUT2D eigenvalue weighted by Crippen LogP contribution is 2.27. The molecule has 2 N–H and O–H groups in total. The van der Waals surface area contributed by atoms with E-state index in [-0.39, 0.29) is 10.8 Å². The van der Waals surface area contributed by atoms with Crippen molar-refractivity contribution in [3.63, 3.8) is 0 Å². The zero-order valence-corrected chi connectivity index (χ0v) is 13.4. The number of sulfonamides is 1. The van der Waals surface area contributed by atoms with Crippen LogP contribution in [-0.4, -0.2) is 20.1 Å². The Hall–Kier alpha value is -1.57. The number of benzene rings is 1. The average Bonchev–Trinajstić information content (AvgIpc) is 2.88. The van der Waals surface area contributed by atoms with Crippen molar-refractivity contribution in [1.82, 2.24) is 0 Å². The first-order valence-corrected chi connectivity index (χ1v) is 8.72. The van der Waals surface area contributed by atoms with Gasteiger partial charge in [-0.1, -0.05) is 0 Å². The second-order valence-corrected chi connectivity index (χ2v) is 7.58. The summed E-state index contributed by atoms with van der Waals surface area (Å²) < 4.78 is 32.6. The predicted octanol–water partition coefficient (Wildman–Crippen LogP) is 2.75. The van der Waals surface area contributed by atoms with Crippen molar-refractivity contribution < 1.29 is 18.3 Å². The van der Waals surface area contributed by atoms with Gasteiger partial charge in [0.25, 0.3) is 10.0 Å². The molecule has 0 amide bonds. The van der Waals surface area contributed by atoms with Gasteiger partial charge in [-0.15, -0.1) is 11.3 Å². The third-order valence-electron chi connectivity index (χ3n) is 2.76. The first kappa shape index (κ1) is 15.8. The van der Waals surface area contributed by atoms with Crippen LogP contribution in [0.1, 0.15) is 17.4 Å². The van der Waals surface area contributed by atoms with E-state index >= 15 is 0 Å². The lowest BCUT2D eigenvalue weighted by Crippen LogP contribution is -2.11. The van der Waals surface area contributed by atoms with Gasteiger partial charge in [0.15, 0.2) is 0 Å². The minimum atomic E-state index is -3.60. The lowest BCUT2D eigenvalue weighted by molar-refractivity contribution is 0.267. The van der Waals surface area contributed by atoms with Crippen molar-refractivity contribution >= 4 is 27.0 Å². The second-order valence-electron chi connectivity index (χ2n) is 4.38. The summed E-state index contributed by atoms with van der Waals surface area (Å²) in [4.78, 5) is 0.929. The average molecular weight is 327 g/mol. The second kappa shape index (κ2) is 6.46. The lowest BCUT2D eigenvalue weighted by atomic mass is 10.2. The van der Waals surface area contributed by atoms with Crippen LogP contribution in [0.4, 0.5) is 5.69 Å². The van der Waals surface area contributed by atoms with Gasteiger partial charge in [-0.3, -0.25) is 4.72 Å². The highest BCUT2D eigenvalue weighted by molar-refractivity contribution is 7.94. The maximum absolute atomic E-state index is 12.2. The molecule has 0 aliphatic rings. The molecule has 1 aromatic heterocycles. The van der Waals surface area contributed by atoms with Crippen LogP contribution in [0.15, 0.2) is 34.5 Å². The van der Waals surface area contributed by atoms with E-state index in [1.807, 2.05) is 13.8 Å². The van der Waals surface area contributed by atoms with Crippen LogP contribution < -0.4 is 9.46 Å². The number of hydrogen-bond acceptors (Lipinski definition) is 5. The summed E-state index contributed by atoms with van der Waals surface area (Å²) in [5, 5.41) is 9.33. The number of thiophene rings is 1. The maximum Gasteiger partial charge on any atom is 0.271 e. The minimum Gasteiger partial charge on any atom is -0.494 e. The Morgan fingerprint density at radius 1 is 1.29 bits per heavy atom. The quantitative estimate of drug-likeness (QED) is 0.855. The smallest absolute Gasteiger partial charge is 0.271 e. The molecular weight excluding hydrogens is 310 g/mol. The highest BCUT2D eigenvalue weighted by Gasteiger charge is 2.17. The SMILES string of the molecule is CCOc1ccc(NS(=O)(=O)c2ccc(C)s2)cc1CO. The number of aryl methyl sites for hydroxylation is 1. The Morgan fingerprint density at radius 3 is 2.62 bits per heavy atom. The summed E-state index contributed by atoms with van der Waals surface area (Å²) in [5.41, 5.74) is 0.938. The zero-order chi connectivity index (χ0) is 15.5. The first-order chi connectivity index (χ1) is 9.96. The maximum atomic E-state index is 12.2. The summed E-state index contributed by atoms with van der Waals surface area (Å²) in [6.07, 6.45) is 0. The van der Waals surface area contributed by atoms with Crippen LogP contribution in [0, 0.1) is 6.92 Å². The molecular formula is C14H17NO4S2. The Labute approximate surface area is 128 Å². The molecule has 0 fully saturated rings. The Morgan fingerprint density at radius 2 is 2.05 bits per heavy atom. The molecule has 114 valence electrons. The summed E-state index contributed by atoms with van der Waals surface area (Å²) >= 11 is 1.21. The van der Waals surface area contributed by atoms with Crippen LogP contribution in [0.25, 0.3) is 0 Å². The molecule has 1 aromatic carbocycles. The van der Waals surface area contributed by atoms with Gasteiger partial charge in [0, 0.05) is 16.1 Å². The van der Waals surface area contributed by atoms with E-state index in [0.29, 0.717) is 23.6 Å². The summed E-state index contributed by atoms with van der Waals surface area (Å²) in [6, 6.07) is 8.16. The van der Waals surface area contributed by atoms with Crippen LogP contribution in [0.3, 0.4) is 0 Å². The molecule has 0 bridgehead atoms. The van der Waals surface area contributed by atoms with Crippen LogP contribution in [0.5, 0.6) is 5.75 Å². The molecule has 0 spiro atoms. The van der Waals surface area contributed by atoms with Crippen LogP contribution in [-0.2, 0) is 16.6 Å². The fraction of sp³-hybridized carbons (Fsp3) is 0.286. The topological polar surface area (TPSA) is 75.6 Å². The van der Waals surface area contributed by atoms with Gasteiger partial charge >= 0.3 is 0 Å². The van der Waals surface area contributed by atoms with Gasteiger partial charge in [0.05, 0.1) is 13.2 Å². The molecule has 1 heterocycles. The van der Waals surface area contributed by atoms with E-state index in [1.165, 1.54) is 11.3 Å². The van der Waals surface area contributed by atoms with Crippen molar-refractivity contribution in [2.75, 3.05) is 11.3 Å². The standard InChI is InChI=1S/C14H17NO4S2/c1-3-19-13-6-5-12(8-11(13)9-16)15-21(17,18)14-7-4-10(2)20-14/h4-8,15-16H,3,9H2,1-2H3. The van der Waals surface area contributed by atoms with E-state index in [9.17, 15) is 13.5 Å². The number of ether oxygens (including phenoxy) is 1. The largest absolute Gasteiger partial charge is 0.494 e. The highest BCUT2D eigenvalue weighted by atomic mass is 32.2. The molecule has 0 saturated heterocycles. The van der Waals surface area contributed by atoms with Gasteiger partial charge in [0.1, 0.15) is 9.96 Å². The van der Waals surface area contributed by atoms with Gasteiger partial charge < -0.3 is 9.84 Å². The Kier molecular flexibility index (Phi) is 4.87. The molecule has 21 heavy (non-hydrogen) atoms. The normalized spacial score (nSPS) is 11.4. The molecule has 7 heteroatoms. The van der Waals surface area contributed by atoms with E-state index in [2.05, 4.69) is 4.72 Å². The summed E-state index contributed by atoms with van der Waals surface area (Å²) in [5.74, 6) is 0.551. The fourth-order valence-electron chi connectivity index (χ4n) is 1.82. The van der Waals surface area contributed by atoms with E-state index < -0.39 is 10.0 Å². The van der Waals surface area contributed by atoms with Crippen molar-refractivity contribution in [3.8, 4) is 5.75 Å². The fourth-order valence-corrected chi connectivity index (χ4v) is 4.16. The zero-order valence-electron chi connectivity index (χ0n) is 11.8. The number of anilines is 1. The van der Waals surface area contributed by atoms with E-state index in [1.54, 1.807) is 30.3 Å². The molecule has 0 unspecified atom stereocenters. The van der Waals surface area contributed by atoms with Crippen LogP contribution >= 0.6 is 11.3 Å². The molecule has 0 aliphatic heterocycles. The first-order valence-electron chi connectivity index (χ1n) is 6.42. The number of hydrogen-bond donors (Lipinski definition) is 2. The Balaban J connectivity index is 2.27. The van der Waals surface area contributed by atoms with E-state index in [4.69, 9.17) is 4.74 Å². The van der Waals surface area contributed by atoms with E-state index in [0.717, 1.165) is 4.88 Å². The number of aliphatic hydroxyl groups is 1. The third kappa shape index (κ3) is 3.75. The number of rotatable bonds is 6. The number of aliphatic hydroxyl groups excluding tert-OH is 1. The van der Waals surface area contributed by atoms with Gasteiger partial charge in [-0.2, -0.15) is 0 Å². The van der Waals surface area contributed by atoms with Gasteiger partial charge in [0.2, 0.25) is 0 Å². The third-order valence-corrected chi connectivity index (χ3v) is 5.64. The molecule has 2 rings (SSSR count). The lowest BCUT2D eigenvalue weighted by Gasteiger charge is -2.11. The summed E-state index contributed by atoms with van der Waals surface area (Å²) in [6.45, 7) is 3.96. The molecule has 2 aromatic rings. The van der Waals surface area contributed by atoms with Crippen molar-refractivity contribution in [2.24, 2.45) is 0 Å². The molecule has 0 radical (unpaired) electrons. The molecule has 0 aliphatic carbocycles. The van der Waals surface area contributed by atoms with Gasteiger partial charge in [-0.25, -0.2) is 8.42 Å². The van der Waals surface area contributed by atoms with Crippen molar-refractivity contribution in [3.05, 3.63) is 40.8 Å². The monoisotopic (exact) mass is 327 g/mol. The summed E-state index contributed by atoms with van der Waals surface area (Å²) in [7, 11) is -3.60. The molecule has 0 saturated carbocycles.